The molecule has 0 bridgehead atoms. The summed E-state index contributed by atoms with van der Waals surface area (Å²) in [5, 5.41) is 8.91. The van der Waals surface area contributed by atoms with E-state index in [1.807, 2.05) is 0 Å². The molecule has 0 fully saturated rings. The number of nitrogens with two attached hydrogens (primary N) is 1. The molecule has 0 aliphatic carbocycles. The molecule has 0 saturated carbocycles. The fourth-order valence-electron chi connectivity index (χ4n) is 2.00. The molecule has 1 heterocycles. The predicted molar refractivity (Wildman–Crippen MR) is 74.2 cm³/mol. The van der Waals surface area contributed by atoms with Gasteiger partial charge in [-0.05, 0) is 25.1 Å². The number of carbonyl (C=O) groups excluding carboxylic acids is 2. The number of fused-ring (bicyclic) bond motifs is 1. The molecular weight excluding hydrogens is 276 g/mol. The molecule has 0 saturated heterocycles. The van der Waals surface area contributed by atoms with Gasteiger partial charge in [-0.15, -0.1) is 0 Å². The number of amides is 1. The Morgan fingerprint density at radius 1 is 1.38 bits per heavy atom. The number of ether oxygens (including phenoxy) is 2. The van der Waals surface area contributed by atoms with Crippen LogP contribution < -0.4 is 15.2 Å². The maximum Gasteiger partial charge on any atom is 0.242 e. The summed E-state index contributed by atoms with van der Waals surface area (Å²) >= 11 is 0. The Hall–Kier alpha value is -2.12. The van der Waals surface area contributed by atoms with Gasteiger partial charge in [0.15, 0.2) is 17.3 Å². The highest BCUT2D eigenvalue weighted by atomic mass is 16.7. The maximum absolute atomic E-state index is 12.4. The SMILES string of the molecule is CC(C(=O)c1ccc2c(c1)OCO2)N(C)C(=O)C(N)CO. The molecule has 1 aliphatic heterocycles. The first kappa shape index (κ1) is 15.3. The highest BCUT2D eigenvalue weighted by Crippen LogP contribution is 2.32. The van der Waals surface area contributed by atoms with Crippen LogP contribution in [-0.2, 0) is 4.79 Å². The molecule has 7 heteroatoms. The molecule has 1 amide bonds. The van der Waals surface area contributed by atoms with E-state index < -0.39 is 24.6 Å². The van der Waals surface area contributed by atoms with E-state index in [-0.39, 0.29) is 12.6 Å². The first-order chi connectivity index (χ1) is 9.95. The number of carbonyl (C=O) groups is 2. The summed E-state index contributed by atoms with van der Waals surface area (Å²) in [6.07, 6.45) is 0. The van der Waals surface area contributed by atoms with Gasteiger partial charge >= 0.3 is 0 Å². The number of hydrogen-bond donors (Lipinski definition) is 2. The maximum atomic E-state index is 12.4. The summed E-state index contributed by atoms with van der Waals surface area (Å²) in [7, 11) is 1.48. The van der Waals surface area contributed by atoms with Crippen LogP contribution in [0, 0.1) is 0 Å². The van der Waals surface area contributed by atoms with Gasteiger partial charge in [-0.3, -0.25) is 9.59 Å². The minimum absolute atomic E-state index is 0.131. The van der Waals surface area contributed by atoms with Crippen molar-refractivity contribution in [1.29, 1.82) is 0 Å². The summed E-state index contributed by atoms with van der Waals surface area (Å²) in [5.74, 6) is 0.369. The van der Waals surface area contributed by atoms with Crippen molar-refractivity contribution < 1.29 is 24.2 Å². The molecule has 0 spiro atoms. The van der Waals surface area contributed by atoms with E-state index in [9.17, 15) is 9.59 Å². The Balaban J connectivity index is 2.14. The number of aliphatic hydroxyl groups is 1. The molecule has 1 aromatic rings. The molecule has 0 radical (unpaired) electrons. The number of ketones is 1. The first-order valence-corrected chi connectivity index (χ1v) is 6.52. The highest BCUT2D eigenvalue weighted by Gasteiger charge is 2.27. The van der Waals surface area contributed by atoms with Crippen LogP contribution in [0.15, 0.2) is 18.2 Å². The number of likely N-dealkylation sites (N-methyl/N-ethyl adjacent to an activating group) is 1. The number of aliphatic hydroxyl groups excluding tert-OH is 1. The van der Waals surface area contributed by atoms with Gasteiger partial charge in [0.25, 0.3) is 0 Å². The second kappa shape index (κ2) is 6.11. The summed E-state index contributed by atoms with van der Waals surface area (Å²) in [6, 6.07) is 3.14. The molecule has 114 valence electrons. The summed E-state index contributed by atoms with van der Waals surface area (Å²) in [5.41, 5.74) is 5.90. The largest absolute Gasteiger partial charge is 0.454 e. The first-order valence-electron chi connectivity index (χ1n) is 6.52. The zero-order valence-electron chi connectivity index (χ0n) is 11.9. The monoisotopic (exact) mass is 294 g/mol. The lowest BCUT2D eigenvalue weighted by atomic mass is 10.0. The number of nitrogens with zero attached hydrogens (tertiary/aromatic N) is 1. The molecule has 1 aliphatic rings. The van der Waals surface area contributed by atoms with E-state index in [1.54, 1.807) is 25.1 Å². The van der Waals surface area contributed by atoms with Crippen LogP contribution in [0.1, 0.15) is 17.3 Å². The highest BCUT2D eigenvalue weighted by molar-refractivity contribution is 6.02. The Morgan fingerprint density at radius 2 is 2.05 bits per heavy atom. The lowest BCUT2D eigenvalue weighted by molar-refractivity contribution is -0.133. The van der Waals surface area contributed by atoms with Gasteiger partial charge in [0.2, 0.25) is 12.7 Å². The minimum atomic E-state index is -1.03. The van der Waals surface area contributed by atoms with Gasteiger partial charge in [0.05, 0.1) is 12.6 Å². The zero-order chi connectivity index (χ0) is 15.6. The van der Waals surface area contributed by atoms with Crippen LogP contribution in [0.25, 0.3) is 0 Å². The Labute approximate surface area is 122 Å². The fraction of sp³-hybridized carbons (Fsp3) is 0.429. The minimum Gasteiger partial charge on any atom is -0.454 e. The summed E-state index contributed by atoms with van der Waals surface area (Å²) in [4.78, 5) is 25.5. The average Bonchev–Trinajstić information content (AvgIpc) is 2.98. The average molecular weight is 294 g/mol. The molecule has 2 atom stereocenters. The zero-order valence-corrected chi connectivity index (χ0v) is 11.9. The summed E-state index contributed by atoms with van der Waals surface area (Å²) in [6.45, 7) is 1.27. The molecule has 2 rings (SSSR count). The number of rotatable bonds is 5. The molecule has 0 aromatic heterocycles. The second-order valence-electron chi connectivity index (χ2n) is 4.85. The molecule has 2 unspecified atom stereocenters. The van der Waals surface area contributed by atoms with Gasteiger partial charge in [-0.1, -0.05) is 0 Å². The van der Waals surface area contributed by atoms with Gasteiger partial charge in [0.1, 0.15) is 6.04 Å². The van der Waals surface area contributed by atoms with Crippen LogP contribution in [0.2, 0.25) is 0 Å². The van der Waals surface area contributed by atoms with E-state index in [2.05, 4.69) is 0 Å². The van der Waals surface area contributed by atoms with Crippen LogP contribution in [0.3, 0.4) is 0 Å². The number of Topliss-reactive ketones (excluding diaryl/α,β-unsaturated/α-hetero) is 1. The smallest absolute Gasteiger partial charge is 0.242 e. The molecule has 3 N–H and O–H groups in total. The van der Waals surface area contributed by atoms with Crippen LogP contribution in [-0.4, -0.2) is 54.2 Å². The van der Waals surface area contributed by atoms with Crippen LogP contribution >= 0.6 is 0 Å². The number of hydrogen-bond acceptors (Lipinski definition) is 6. The van der Waals surface area contributed by atoms with E-state index in [0.29, 0.717) is 17.1 Å². The summed E-state index contributed by atoms with van der Waals surface area (Å²) < 4.78 is 10.4. The normalized spacial score (nSPS) is 15.4. The lowest BCUT2D eigenvalue weighted by Gasteiger charge is -2.26. The molecule has 1 aromatic carbocycles. The van der Waals surface area contributed by atoms with Crippen molar-refractivity contribution in [2.45, 2.75) is 19.0 Å². The van der Waals surface area contributed by atoms with Gasteiger partial charge < -0.3 is 25.2 Å². The fourth-order valence-corrected chi connectivity index (χ4v) is 2.00. The standard InChI is InChI=1S/C14H18N2O5/c1-8(16(2)14(19)10(15)6-17)13(18)9-3-4-11-12(5-9)21-7-20-11/h3-5,8,10,17H,6-7,15H2,1-2H3. The van der Waals surface area contributed by atoms with E-state index in [1.165, 1.54) is 11.9 Å². The predicted octanol–water partition coefficient (Wildman–Crippen LogP) is -0.235. The topological polar surface area (TPSA) is 102 Å². The van der Waals surface area contributed by atoms with Crippen LogP contribution in [0.4, 0.5) is 0 Å². The lowest BCUT2D eigenvalue weighted by Crippen LogP contribution is -2.49. The molecular formula is C14H18N2O5. The van der Waals surface area contributed by atoms with E-state index in [4.69, 9.17) is 20.3 Å². The van der Waals surface area contributed by atoms with Crippen molar-refractivity contribution in [3.8, 4) is 11.5 Å². The van der Waals surface area contributed by atoms with Crippen molar-refractivity contribution in [2.75, 3.05) is 20.4 Å². The van der Waals surface area contributed by atoms with Crippen LogP contribution in [0.5, 0.6) is 11.5 Å². The third-order valence-electron chi connectivity index (χ3n) is 3.48. The second-order valence-corrected chi connectivity index (χ2v) is 4.85. The molecule has 7 nitrogen and oxygen atoms in total. The van der Waals surface area contributed by atoms with E-state index in [0.717, 1.165) is 0 Å². The Bertz CT molecular complexity index is 560. The number of benzene rings is 1. The third kappa shape index (κ3) is 2.98. The quantitative estimate of drug-likeness (QED) is 0.727. The van der Waals surface area contributed by atoms with E-state index >= 15 is 0 Å². The van der Waals surface area contributed by atoms with Crippen molar-refractivity contribution >= 4 is 11.7 Å². The third-order valence-corrected chi connectivity index (χ3v) is 3.48. The van der Waals surface area contributed by atoms with Crippen molar-refractivity contribution in [3.63, 3.8) is 0 Å². The van der Waals surface area contributed by atoms with Gasteiger partial charge in [-0.25, -0.2) is 0 Å². The Kier molecular flexibility index (Phi) is 4.44. The van der Waals surface area contributed by atoms with Crippen molar-refractivity contribution in [1.82, 2.24) is 4.90 Å². The van der Waals surface area contributed by atoms with Crippen molar-refractivity contribution in [2.24, 2.45) is 5.73 Å². The van der Waals surface area contributed by atoms with Gasteiger partial charge in [0, 0.05) is 12.6 Å². The molecule has 21 heavy (non-hydrogen) atoms. The van der Waals surface area contributed by atoms with Gasteiger partial charge in [-0.2, -0.15) is 0 Å². The van der Waals surface area contributed by atoms with Crippen molar-refractivity contribution in [3.05, 3.63) is 23.8 Å². The Morgan fingerprint density at radius 3 is 2.71 bits per heavy atom.